The molecular weight excluding hydrogens is 446 g/mol. The van der Waals surface area contributed by atoms with Crippen LogP contribution in [-0.4, -0.2) is 39.4 Å². The Hall–Kier alpha value is -3.05. The van der Waals surface area contributed by atoms with E-state index in [1.54, 1.807) is 4.90 Å². The molecule has 1 atom stereocenters. The number of hydrogen-bond donors (Lipinski definition) is 1. The summed E-state index contributed by atoms with van der Waals surface area (Å²) >= 11 is 6.04. The van der Waals surface area contributed by atoms with Crippen LogP contribution >= 0.6 is 11.6 Å². The number of nitrogens with zero attached hydrogens (tertiary/aromatic N) is 2. The second-order valence-electron chi connectivity index (χ2n) is 9.62. The summed E-state index contributed by atoms with van der Waals surface area (Å²) in [6.45, 7) is 2.79. The number of amides is 2. The molecule has 1 N–H and O–H groups in total. The summed E-state index contributed by atoms with van der Waals surface area (Å²) in [7, 11) is 0. The molecule has 2 aromatic carbocycles. The van der Waals surface area contributed by atoms with Gasteiger partial charge >= 0.3 is 0 Å². The van der Waals surface area contributed by atoms with Crippen molar-refractivity contribution >= 4 is 23.4 Å². The third-order valence-electron chi connectivity index (χ3n) is 7.29. The lowest BCUT2D eigenvalue weighted by Crippen LogP contribution is -2.65. The maximum Gasteiger partial charge on any atom is 0.271 e. The molecule has 0 radical (unpaired) electrons. The maximum atomic E-state index is 13.8. The summed E-state index contributed by atoms with van der Waals surface area (Å²) in [6.07, 6.45) is 4.94. The van der Waals surface area contributed by atoms with Crippen LogP contribution in [0.1, 0.15) is 48.7 Å². The molecule has 1 aliphatic heterocycles. The van der Waals surface area contributed by atoms with E-state index in [-0.39, 0.29) is 17.9 Å². The van der Waals surface area contributed by atoms with Crippen LogP contribution in [0.5, 0.6) is 0 Å². The van der Waals surface area contributed by atoms with E-state index in [0.717, 1.165) is 42.5 Å². The van der Waals surface area contributed by atoms with E-state index < -0.39 is 5.54 Å². The average Bonchev–Trinajstić information content (AvgIpc) is 3.50. The van der Waals surface area contributed by atoms with Crippen molar-refractivity contribution in [1.82, 2.24) is 14.8 Å². The van der Waals surface area contributed by atoms with E-state index >= 15 is 0 Å². The predicted molar refractivity (Wildman–Crippen MR) is 135 cm³/mol. The summed E-state index contributed by atoms with van der Waals surface area (Å²) < 4.78 is 2.02. The molecule has 1 aromatic heterocycles. The molecule has 34 heavy (non-hydrogen) atoms. The Bertz CT molecular complexity index is 1180. The maximum absolute atomic E-state index is 13.8. The second kappa shape index (κ2) is 9.30. The van der Waals surface area contributed by atoms with Crippen LogP contribution in [0, 0.1) is 0 Å². The van der Waals surface area contributed by atoms with Crippen LogP contribution in [0.15, 0.2) is 66.7 Å². The fourth-order valence-corrected chi connectivity index (χ4v) is 5.41. The first-order valence-electron chi connectivity index (χ1n) is 12.1. The lowest BCUT2D eigenvalue weighted by Gasteiger charge is -2.45. The van der Waals surface area contributed by atoms with Gasteiger partial charge in [-0.15, -0.1) is 0 Å². The van der Waals surface area contributed by atoms with Crippen LogP contribution in [0.2, 0.25) is 5.02 Å². The van der Waals surface area contributed by atoms with Crippen molar-refractivity contribution < 1.29 is 9.59 Å². The zero-order chi connectivity index (χ0) is 23.7. The molecule has 2 heterocycles. The van der Waals surface area contributed by atoms with Crippen molar-refractivity contribution in [3.8, 4) is 11.3 Å². The van der Waals surface area contributed by atoms with Gasteiger partial charge < -0.3 is 14.8 Å². The standard InChI is InChI=1S/C28H30ClN3O2/c1-28(27(34)30-23-9-5-6-10-23)19-31-24(21-7-3-2-4-8-21)15-16-25(31)26(33)32(28)18-17-20-11-13-22(29)14-12-20/h2-4,7-8,11-16,23H,5-6,9-10,17-19H2,1H3,(H,30,34)/t28-/m1/s1. The van der Waals surface area contributed by atoms with Crippen molar-refractivity contribution in [2.75, 3.05) is 6.54 Å². The van der Waals surface area contributed by atoms with Crippen molar-refractivity contribution in [3.63, 3.8) is 0 Å². The van der Waals surface area contributed by atoms with Crippen molar-refractivity contribution in [2.24, 2.45) is 0 Å². The number of carbonyl (C=O) groups excluding carboxylic acids is 2. The Kier molecular flexibility index (Phi) is 6.22. The van der Waals surface area contributed by atoms with Gasteiger partial charge in [-0.2, -0.15) is 0 Å². The summed E-state index contributed by atoms with van der Waals surface area (Å²) in [5.41, 5.74) is 2.72. The Labute approximate surface area is 205 Å². The smallest absolute Gasteiger partial charge is 0.271 e. The van der Waals surface area contributed by atoms with Gasteiger partial charge in [0.2, 0.25) is 5.91 Å². The van der Waals surface area contributed by atoms with Crippen molar-refractivity contribution in [1.29, 1.82) is 0 Å². The van der Waals surface area contributed by atoms with Gasteiger partial charge in [0.1, 0.15) is 11.2 Å². The van der Waals surface area contributed by atoms with E-state index in [9.17, 15) is 9.59 Å². The Balaban J connectivity index is 1.49. The highest BCUT2D eigenvalue weighted by atomic mass is 35.5. The van der Waals surface area contributed by atoms with E-state index in [4.69, 9.17) is 11.6 Å². The van der Waals surface area contributed by atoms with Gasteiger partial charge in [-0.1, -0.05) is 66.9 Å². The van der Waals surface area contributed by atoms with Gasteiger partial charge in [0, 0.05) is 23.3 Å². The average molecular weight is 476 g/mol. The zero-order valence-corrected chi connectivity index (χ0v) is 20.2. The number of hydrogen-bond acceptors (Lipinski definition) is 2. The van der Waals surface area contributed by atoms with Crippen LogP contribution in [0.25, 0.3) is 11.3 Å². The van der Waals surface area contributed by atoms with Gasteiger partial charge in [0.25, 0.3) is 5.91 Å². The van der Waals surface area contributed by atoms with Gasteiger partial charge in [0.05, 0.1) is 6.54 Å². The number of rotatable bonds is 6. The highest BCUT2D eigenvalue weighted by Crippen LogP contribution is 2.34. The third-order valence-corrected chi connectivity index (χ3v) is 7.55. The number of fused-ring (bicyclic) bond motifs is 1. The van der Waals surface area contributed by atoms with E-state index in [0.29, 0.717) is 30.2 Å². The van der Waals surface area contributed by atoms with Crippen LogP contribution in [0.3, 0.4) is 0 Å². The quantitative estimate of drug-likeness (QED) is 0.524. The number of carbonyl (C=O) groups is 2. The first-order chi connectivity index (χ1) is 16.5. The number of nitrogens with one attached hydrogen (secondary N) is 1. The minimum atomic E-state index is -0.984. The monoisotopic (exact) mass is 475 g/mol. The summed E-state index contributed by atoms with van der Waals surface area (Å²) in [4.78, 5) is 29.3. The Morgan fingerprint density at radius 1 is 1.00 bits per heavy atom. The molecular formula is C28H30ClN3O2. The fraction of sp³-hybridized carbons (Fsp3) is 0.357. The largest absolute Gasteiger partial charge is 0.351 e. The summed E-state index contributed by atoms with van der Waals surface area (Å²) in [5, 5.41) is 3.95. The molecule has 0 saturated heterocycles. The predicted octanol–water partition coefficient (Wildman–Crippen LogP) is 5.32. The van der Waals surface area contributed by atoms with Gasteiger partial charge in [0.15, 0.2) is 0 Å². The molecule has 5 nitrogen and oxygen atoms in total. The third kappa shape index (κ3) is 4.25. The van der Waals surface area contributed by atoms with E-state index in [2.05, 4.69) is 5.32 Å². The SMILES string of the molecule is C[C@]1(C(=O)NC2CCCC2)Cn2c(ccc2-c2ccccc2)C(=O)N1CCc1ccc(Cl)cc1. The minimum Gasteiger partial charge on any atom is -0.351 e. The molecule has 6 heteroatoms. The molecule has 5 rings (SSSR count). The fourth-order valence-electron chi connectivity index (χ4n) is 5.29. The van der Waals surface area contributed by atoms with Crippen molar-refractivity contribution in [2.45, 2.75) is 57.2 Å². The Morgan fingerprint density at radius 2 is 1.68 bits per heavy atom. The summed E-state index contributed by atoms with van der Waals surface area (Å²) in [6, 6.07) is 21.8. The highest BCUT2D eigenvalue weighted by Gasteiger charge is 2.48. The molecule has 0 bridgehead atoms. The lowest BCUT2D eigenvalue weighted by molar-refractivity contribution is -0.133. The first-order valence-corrected chi connectivity index (χ1v) is 12.5. The highest BCUT2D eigenvalue weighted by molar-refractivity contribution is 6.30. The van der Waals surface area contributed by atoms with E-state index in [1.165, 1.54) is 0 Å². The summed E-state index contributed by atoms with van der Waals surface area (Å²) in [5.74, 6) is -0.173. The number of halogens is 1. The number of aromatic nitrogens is 1. The lowest BCUT2D eigenvalue weighted by atomic mass is 9.93. The number of benzene rings is 2. The molecule has 2 amide bonds. The topological polar surface area (TPSA) is 54.3 Å². The molecule has 3 aromatic rings. The Morgan fingerprint density at radius 3 is 2.38 bits per heavy atom. The normalized spacial score (nSPS) is 20.4. The molecule has 1 saturated carbocycles. The molecule has 0 unspecified atom stereocenters. The van der Waals surface area contributed by atoms with Gasteiger partial charge in [-0.25, -0.2) is 0 Å². The molecule has 2 aliphatic rings. The van der Waals surface area contributed by atoms with Gasteiger partial charge in [-0.05, 0) is 61.6 Å². The van der Waals surface area contributed by atoms with Crippen molar-refractivity contribution in [3.05, 3.63) is 83.0 Å². The molecule has 1 fully saturated rings. The van der Waals surface area contributed by atoms with E-state index in [1.807, 2.05) is 78.2 Å². The molecule has 1 aliphatic carbocycles. The first kappa shape index (κ1) is 22.7. The molecule has 176 valence electrons. The van der Waals surface area contributed by atoms with Gasteiger partial charge in [-0.3, -0.25) is 9.59 Å². The molecule has 0 spiro atoms. The minimum absolute atomic E-state index is 0.0674. The van der Waals surface area contributed by atoms with Crippen LogP contribution in [-0.2, 0) is 17.8 Å². The zero-order valence-electron chi connectivity index (χ0n) is 19.5. The van der Waals surface area contributed by atoms with Crippen LogP contribution in [0.4, 0.5) is 0 Å². The van der Waals surface area contributed by atoms with Crippen LogP contribution < -0.4 is 5.32 Å². The second-order valence-corrected chi connectivity index (χ2v) is 10.1.